The molecule has 4 heterocycles. The third-order valence-corrected chi connectivity index (χ3v) is 9.55. The van der Waals surface area contributed by atoms with Gasteiger partial charge in [-0.05, 0) is 62.8 Å². The quantitative estimate of drug-likeness (QED) is 0.367. The molecule has 1 aromatic carbocycles. The van der Waals surface area contributed by atoms with Gasteiger partial charge in [-0.3, -0.25) is 4.90 Å². The molecule has 10 heteroatoms. The Kier molecular flexibility index (Phi) is 8.65. The molecule has 6 rings (SSSR count). The summed E-state index contributed by atoms with van der Waals surface area (Å²) in [4.78, 5) is 22.2. The van der Waals surface area contributed by atoms with Crippen molar-refractivity contribution in [2.24, 2.45) is 0 Å². The zero-order chi connectivity index (χ0) is 29.2. The van der Waals surface area contributed by atoms with Crippen molar-refractivity contribution < 1.29 is 9.84 Å². The number of nitrogens with zero attached hydrogens (tertiary/aromatic N) is 6. The number of hydrogen-bond donors (Lipinski definition) is 3. The summed E-state index contributed by atoms with van der Waals surface area (Å²) < 4.78 is 5.95. The minimum Gasteiger partial charge on any atom is -0.495 e. The number of anilines is 3. The molecule has 2 atom stereocenters. The Balaban J connectivity index is 1.24. The van der Waals surface area contributed by atoms with Crippen LogP contribution in [0, 0.1) is 0 Å². The smallest absolute Gasteiger partial charge is 0.151 e. The van der Waals surface area contributed by atoms with Gasteiger partial charge in [0.25, 0.3) is 0 Å². The summed E-state index contributed by atoms with van der Waals surface area (Å²) in [6.07, 6.45) is 7.05. The first-order valence-corrected chi connectivity index (χ1v) is 15.8. The first kappa shape index (κ1) is 28.9. The normalized spacial score (nSPS) is 22.6. The van der Waals surface area contributed by atoms with E-state index in [9.17, 15) is 5.11 Å². The zero-order valence-corrected chi connectivity index (χ0v) is 25.3. The largest absolute Gasteiger partial charge is 0.495 e. The van der Waals surface area contributed by atoms with Gasteiger partial charge in [0.15, 0.2) is 5.82 Å². The average molecular weight is 575 g/mol. The molecule has 0 amide bonds. The van der Waals surface area contributed by atoms with Crippen molar-refractivity contribution in [3.8, 4) is 16.9 Å². The van der Waals surface area contributed by atoms with E-state index in [1.54, 1.807) is 13.3 Å². The molecule has 1 saturated carbocycles. The second-order valence-electron chi connectivity index (χ2n) is 12.0. The van der Waals surface area contributed by atoms with Gasteiger partial charge in [0, 0.05) is 63.1 Å². The van der Waals surface area contributed by atoms with Gasteiger partial charge in [-0.2, -0.15) is 0 Å². The summed E-state index contributed by atoms with van der Waals surface area (Å²) >= 11 is 0. The summed E-state index contributed by atoms with van der Waals surface area (Å²) in [5, 5.41) is 13.6. The van der Waals surface area contributed by atoms with Gasteiger partial charge in [0.2, 0.25) is 0 Å². The number of methoxy groups -OCH3 is 1. The van der Waals surface area contributed by atoms with Crippen LogP contribution in [0.25, 0.3) is 22.2 Å². The van der Waals surface area contributed by atoms with Crippen LogP contribution in [0.4, 0.5) is 17.3 Å². The fourth-order valence-corrected chi connectivity index (χ4v) is 6.97. The molecule has 2 saturated heterocycles. The highest BCUT2D eigenvalue weighted by Crippen LogP contribution is 2.38. The van der Waals surface area contributed by atoms with Gasteiger partial charge in [-0.1, -0.05) is 19.9 Å². The van der Waals surface area contributed by atoms with Crippen LogP contribution in [0.1, 0.15) is 51.6 Å². The number of piperidine rings is 1. The van der Waals surface area contributed by atoms with Gasteiger partial charge >= 0.3 is 0 Å². The molecule has 226 valence electrons. The molecule has 4 N–H and O–H groups in total. The second-order valence-corrected chi connectivity index (χ2v) is 12.0. The lowest BCUT2D eigenvalue weighted by Gasteiger charge is -2.43. The monoisotopic (exact) mass is 574 g/mol. The number of benzene rings is 1. The number of ether oxygens (including phenoxy) is 1. The van der Waals surface area contributed by atoms with E-state index in [0.717, 1.165) is 84.9 Å². The summed E-state index contributed by atoms with van der Waals surface area (Å²) in [6.45, 7) is 12.3. The summed E-state index contributed by atoms with van der Waals surface area (Å²) in [5.41, 5.74) is 11.5. The Labute approximate surface area is 249 Å². The molecular weight excluding hydrogens is 528 g/mol. The molecule has 0 bridgehead atoms. The predicted molar refractivity (Wildman–Crippen MR) is 169 cm³/mol. The number of aliphatic hydroxyl groups excluding tert-OH is 1. The van der Waals surface area contributed by atoms with Crippen LogP contribution < -0.4 is 20.7 Å². The number of nitrogens with two attached hydrogens (primary N) is 1. The molecule has 0 spiro atoms. The first-order chi connectivity index (χ1) is 20.5. The molecule has 2 aromatic heterocycles. The molecule has 0 radical (unpaired) electrons. The van der Waals surface area contributed by atoms with Crippen LogP contribution in [0.3, 0.4) is 0 Å². The minimum absolute atomic E-state index is 0.184. The number of aryl methyl sites for hydroxylation is 1. The molecule has 10 nitrogen and oxygen atoms in total. The fraction of sp³-hybridized carbons (Fsp3) is 0.594. The zero-order valence-electron chi connectivity index (χ0n) is 25.3. The first-order valence-electron chi connectivity index (χ1n) is 15.8. The lowest BCUT2D eigenvalue weighted by molar-refractivity contribution is 0.0878. The van der Waals surface area contributed by atoms with Crippen molar-refractivity contribution in [2.45, 2.75) is 70.6 Å². The van der Waals surface area contributed by atoms with Crippen molar-refractivity contribution in [2.75, 3.05) is 68.9 Å². The Morgan fingerprint density at radius 2 is 1.79 bits per heavy atom. The molecule has 2 aliphatic heterocycles. The summed E-state index contributed by atoms with van der Waals surface area (Å²) in [7, 11) is 1.74. The maximum atomic E-state index is 10.0. The average Bonchev–Trinajstić information content (AvgIpc) is 3.45. The number of pyridine rings is 1. The van der Waals surface area contributed by atoms with E-state index >= 15 is 0 Å². The van der Waals surface area contributed by atoms with Crippen molar-refractivity contribution in [1.82, 2.24) is 24.8 Å². The number of rotatable bonds is 8. The molecule has 3 aromatic rings. The highest BCUT2D eigenvalue weighted by atomic mass is 16.5. The molecule has 1 aliphatic carbocycles. The predicted octanol–water partition coefficient (Wildman–Crippen LogP) is 3.78. The summed E-state index contributed by atoms with van der Waals surface area (Å²) in [6, 6.07) is 7.25. The number of likely N-dealkylation sites (N-methyl/N-ethyl adjacent to an activating group) is 1. The SMILES string of the molecule is CCc1nc2c(N)ncc(-c3ccc(N4CCC(N5CCN(CC)CC5)CC4)c(OC)c3)c2nc1N[C@@H]1CC[C@H](O)C1. The maximum Gasteiger partial charge on any atom is 0.151 e. The van der Waals surface area contributed by atoms with Gasteiger partial charge in [0.1, 0.15) is 22.6 Å². The Bertz CT molecular complexity index is 1380. The molecule has 0 unspecified atom stereocenters. The Hall–Kier alpha value is -3.21. The number of hydrogen-bond acceptors (Lipinski definition) is 10. The lowest BCUT2D eigenvalue weighted by atomic mass is 10.00. The third-order valence-electron chi connectivity index (χ3n) is 9.55. The van der Waals surface area contributed by atoms with Crippen LogP contribution in [-0.2, 0) is 6.42 Å². The number of aromatic nitrogens is 3. The van der Waals surface area contributed by atoms with Crippen molar-refractivity contribution in [1.29, 1.82) is 0 Å². The highest BCUT2D eigenvalue weighted by Gasteiger charge is 2.29. The molecular formula is C32H46N8O2. The maximum absolute atomic E-state index is 10.0. The van der Waals surface area contributed by atoms with Crippen LogP contribution in [-0.4, -0.2) is 101 Å². The van der Waals surface area contributed by atoms with E-state index in [0.29, 0.717) is 17.4 Å². The van der Waals surface area contributed by atoms with Crippen LogP contribution in [0.5, 0.6) is 5.75 Å². The number of piperazine rings is 1. The van der Waals surface area contributed by atoms with E-state index < -0.39 is 0 Å². The number of nitrogens with one attached hydrogen (secondary N) is 1. The van der Waals surface area contributed by atoms with Crippen molar-refractivity contribution >= 4 is 28.4 Å². The van der Waals surface area contributed by atoms with Gasteiger partial charge in [-0.15, -0.1) is 0 Å². The third kappa shape index (κ3) is 5.85. The van der Waals surface area contributed by atoms with Gasteiger partial charge < -0.3 is 30.7 Å². The molecule has 3 aliphatic rings. The Morgan fingerprint density at radius 1 is 1.00 bits per heavy atom. The lowest BCUT2D eigenvalue weighted by Crippen LogP contribution is -2.53. The van der Waals surface area contributed by atoms with Gasteiger partial charge in [0.05, 0.1) is 24.6 Å². The van der Waals surface area contributed by atoms with Crippen LogP contribution in [0.2, 0.25) is 0 Å². The fourth-order valence-electron chi connectivity index (χ4n) is 6.97. The summed E-state index contributed by atoms with van der Waals surface area (Å²) in [5.74, 6) is 1.99. The topological polar surface area (TPSA) is 116 Å². The number of nitrogen functional groups attached to an aromatic ring is 1. The Morgan fingerprint density at radius 3 is 2.45 bits per heavy atom. The number of fused-ring (bicyclic) bond motifs is 1. The van der Waals surface area contributed by atoms with Crippen molar-refractivity contribution in [3.05, 3.63) is 30.1 Å². The van der Waals surface area contributed by atoms with E-state index in [2.05, 4.69) is 57.0 Å². The van der Waals surface area contributed by atoms with Crippen LogP contribution >= 0.6 is 0 Å². The highest BCUT2D eigenvalue weighted by molar-refractivity contribution is 5.97. The second kappa shape index (κ2) is 12.6. The van der Waals surface area contributed by atoms with Gasteiger partial charge in [-0.25, -0.2) is 15.0 Å². The van der Waals surface area contributed by atoms with E-state index in [4.69, 9.17) is 20.4 Å². The number of aliphatic hydroxyl groups is 1. The molecule has 42 heavy (non-hydrogen) atoms. The minimum atomic E-state index is -0.260. The van der Waals surface area contributed by atoms with Crippen molar-refractivity contribution in [3.63, 3.8) is 0 Å². The molecule has 3 fully saturated rings. The standard InChI is InChI=1S/C32H46N8O2/c1-4-26-32(35-22-7-8-24(41)19-22)37-29-25(20-34-31(33)30(29)36-26)21-6-9-27(28(18-21)42-3)40-12-10-23(11-13-40)39-16-14-38(5-2)15-17-39/h6,9,18,20,22-24,41H,4-5,7-8,10-17,19H2,1-3H3,(H2,33,34)(H,35,37)/t22-,24+/m1/s1. The van der Waals surface area contributed by atoms with E-state index in [-0.39, 0.29) is 12.1 Å². The van der Waals surface area contributed by atoms with Crippen LogP contribution in [0.15, 0.2) is 24.4 Å². The van der Waals surface area contributed by atoms with E-state index in [1.165, 1.54) is 39.0 Å². The van der Waals surface area contributed by atoms with E-state index in [1.807, 2.05) is 0 Å².